The van der Waals surface area contributed by atoms with Crippen molar-refractivity contribution >= 4 is 11.8 Å². The van der Waals surface area contributed by atoms with Crippen LogP contribution in [0.15, 0.2) is 65.9 Å². The first-order valence-electron chi connectivity index (χ1n) is 8.83. The molecule has 0 saturated heterocycles. The Morgan fingerprint density at radius 3 is 2.46 bits per heavy atom. The highest BCUT2D eigenvalue weighted by Crippen LogP contribution is 2.51. The van der Waals surface area contributed by atoms with E-state index >= 15 is 0 Å². The highest BCUT2D eigenvalue weighted by molar-refractivity contribution is 6.16. The number of allylic oxidation sites excluding steroid dienone is 1. The zero-order valence-corrected chi connectivity index (χ0v) is 15.1. The second kappa shape index (κ2) is 6.47. The number of rotatable bonds is 5. The molecule has 0 bridgehead atoms. The van der Waals surface area contributed by atoms with Gasteiger partial charge in [0.15, 0.2) is 0 Å². The number of benzene rings is 2. The number of fused-ring (bicyclic) bond motifs is 3. The minimum atomic E-state index is -2.45. The summed E-state index contributed by atoms with van der Waals surface area (Å²) >= 11 is 0. The van der Waals surface area contributed by atoms with Crippen LogP contribution in [-0.4, -0.2) is 40.8 Å². The van der Waals surface area contributed by atoms with Crippen LogP contribution in [0.5, 0.6) is 5.75 Å². The number of carbonyl (C=O) groups excluding carboxylic acids is 2. The molecule has 28 heavy (non-hydrogen) atoms. The Morgan fingerprint density at radius 2 is 1.71 bits per heavy atom. The summed E-state index contributed by atoms with van der Waals surface area (Å²) in [5.41, 5.74) is -4.29. The lowest BCUT2D eigenvalue weighted by Crippen LogP contribution is -2.56. The molecular weight excluding hydrogens is 362 g/mol. The SMILES string of the molecule is CC1=C(C(=O)OCCOc2ccccc2)[C@@]2(O)C(=O)c3ccccc3[C@@]2(O)N1. The summed E-state index contributed by atoms with van der Waals surface area (Å²) in [4.78, 5) is 25.5. The molecule has 0 fully saturated rings. The fraction of sp³-hybridized carbons (Fsp3) is 0.238. The van der Waals surface area contributed by atoms with Crippen LogP contribution in [0.3, 0.4) is 0 Å². The first kappa shape index (κ1) is 18.2. The largest absolute Gasteiger partial charge is 0.490 e. The van der Waals surface area contributed by atoms with Crippen LogP contribution in [0.2, 0.25) is 0 Å². The van der Waals surface area contributed by atoms with Gasteiger partial charge in [-0.1, -0.05) is 42.5 Å². The first-order valence-corrected chi connectivity index (χ1v) is 8.83. The Labute approximate surface area is 161 Å². The minimum Gasteiger partial charge on any atom is -0.490 e. The van der Waals surface area contributed by atoms with Gasteiger partial charge in [-0.05, 0) is 19.1 Å². The quantitative estimate of drug-likeness (QED) is 0.529. The molecule has 0 radical (unpaired) electrons. The van der Waals surface area contributed by atoms with Gasteiger partial charge in [-0.15, -0.1) is 0 Å². The molecule has 2 aromatic rings. The van der Waals surface area contributed by atoms with Gasteiger partial charge in [0.2, 0.25) is 17.1 Å². The Hall–Kier alpha value is -3.16. The molecular formula is C21H19NO6. The van der Waals surface area contributed by atoms with Gasteiger partial charge in [-0.3, -0.25) is 4.79 Å². The highest BCUT2D eigenvalue weighted by Gasteiger charge is 2.70. The lowest BCUT2D eigenvalue weighted by Gasteiger charge is -2.31. The number of esters is 1. The van der Waals surface area contributed by atoms with Gasteiger partial charge < -0.3 is 25.0 Å². The van der Waals surface area contributed by atoms with Gasteiger partial charge in [0, 0.05) is 16.8 Å². The van der Waals surface area contributed by atoms with E-state index in [0.717, 1.165) is 0 Å². The van der Waals surface area contributed by atoms with E-state index in [1.807, 2.05) is 18.2 Å². The van der Waals surface area contributed by atoms with Crippen molar-refractivity contribution in [3.8, 4) is 5.75 Å². The van der Waals surface area contributed by atoms with E-state index < -0.39 is 23.1 Å². The molecule has 7 nitrogen and oxygen atoms in total. The Balaban J connectivity index is 1.51. The molecule has 0 aromatic heterocycles. The topological polar surface area (TPSA) is 105 Å². The molecule has 4 rings (SSSR count). The van der Waals surface area contributed by atoms with Gasteiger partial charge in [0.1, 0.15) is 24.5 Å². The standard InChI is InChI=1S/C21H19NO6/c1-13-17(19(24)28-12-11-27-14-7-3-2-4-8-14)20(25)18(23)15-9-5-6-10-16(15)21(20,26)22-13/h2-10,22,25-26H,11-12H2,1H3/t20-,21+/m1/s1. The van der Waals surface area contributed by atoms with E-state index in [9.17, 15) is 19.8 Å². The molecule has 7 heteroatoms. The predicted molar refractivity (Wildman–Crippen MR) is 98.4 cm³/mol. The summed E-state index contributed by atoms with van der Waals surface area (Å²) in [5, 5.41) is 24.9. The Kier molecular flexibility index (Phi) is 4.21. The monoisotopic (exact) mass is 381 g/mol. The maximum absolute atomic E-state index is 12.9. The number of carbonyl (C=O) groups is 2. The number of para-hydroxylation sites is 1. The molecule has 1 aliphatic heterocycles. The summed E-state index contributed by atoms with van der Waals surface area (Å²) in [6.07, 6.45) is 0. The second-order valence-electron chi connectivity index (χ2n) is 6.72. The van der Waals surface area contributed by atoms with E-state index in [-0.39, 0.29) is 35.6 Å². The van der Waals surface area contributed by atoms with Gasteiger partial charge in [-0.25, -0.2) is 4.79 Å². The number of hydrogen-bond donors (Lipinski definition) is 3. The van der Waals surface area contributed by atoms with Gasteiger partial charge in [0.05, 0.1) is 0 Å². The summed E-state index contributed by atoms with van der Waals surface area (Å²) in [6.45, 7) is 1.52. The molecule has 2 atom stereocenters. The molecule has 2 aromatic carbocycles. The normalized spacial score (nSPS) is 25.2. The van der Waals surface area contributed by atoms with E-state index in [4.69, 9.17) is 9.47 Å². The summed E-state index contributed by atoms with van der Waals surface area (Å²) < 4.78 is 10.7. The molecule has 1 aliphatic carbocycles. The number of aliphatic hydroxyl groups is 2. The minimum absolute atomic E-state index is 0.0832. The van der Waals surface area contributed by atoms with Gasteiger partial charge in [0.25, 0.3) is 0 Å². The smallest absolute Gasteiger partial charge is 0.339 e. The Bertz CT molecular complexity index is 985. The van der Waals surface area contributed by atoms with Crippen LogP contribution in [-0.2, 0) is 15.3 Å². The average Bonchev–Trinajstić information content (AvgIpc) is 3.01. The fourth-order valence-electron chi connectivity index (χ4n) is 3.79. The number of ketones is 1. The molecule has 0 amide bonds. The van der Waals surface area contributed by atoms with Crippen LogP contribution >= 0.6 is 0 Å². The third-order valence-electron chi connectivity index (χ3n) is 5.05. The van der Waals surface area contributed by atoms with Gasteiger partial charge in [-0.2, -0.15) is 0 Å². The molecule has 0 saturated carbocycles. The molecule has 2 aliphatic rings. The second-order valence-corrected chi connectivity index (χ2v) is 6.72. The molecule has 144 valence electrons. The molecule has 0 unspecified atom stereocenters. The Morgan fingerprint density at radius 1 is 1.04 bits per heavy atom. The van der Waals surface area contributed by atoms with E-state index in [1.54, 1.807) is 24.3 Å². The predicted octanol–water partition coefficient (Wildman–Crippen LogP) is 1.26. The van der Waals surface area contributed by atoms with E-state index in [1.165, 1.54) is 19.1 Å². The van der Waals surface area contributed by atoms with Crippen molar-refractivity contribution in [2.45, 2.75) is 18.2 Å². The van der Waals surface area contributed by atoms with E-state index in [0.29, 0.717) is 5.75 Å². The van der Waals surface area contributed by atoms with Crippen LogP contribution in [0.4, 0.5) is 0 Å². The molecule has 0 spiro atoms. The van der Waals surface area contributed by atoms with Crippen LogP contribution < -0.4 is 10.1 Å². The van der Waals surface area contributed by atoms with Crippen molar-refractivity contribution in [3.05, 3.63) is 77.0 Å². The summed E-state index contributed by atoms with van der Waals surface area (Å²) in [6, 6.07) is 15.3. The van der Waals surface area contributed by atoms with Crippen molar-refractivity contribution in [1.29, 1.82) is 0 Å². The highest BCUT2D eigenvalue weighted by atomic mass is 16.6. The van der Waals surface area contributed by atoms with Crippen molar-refractivity contribution in [2.24, 2.45) is 0 Å². The molecule has 1 heterocycles. The third-order valence-corrected chi connectivity index (χ3v) is 5.05. The number of ether oxygens (including phenoxy) is 2. The zero-order chi connectivity index (χ0) is 19.9. The molecule has 3 N–H and O–H groups in total. The number of Topliss-reactive ketones (excluding diaryl/α,β-unsaturated/α-hetero) is 1. The van der Waals surface area contributed by atoms with Crippen molar-refractivity contribution < 1.29 is 29.3 Å². The maximum atomic E-state index is 12.9. The van der Waals surface area contributed by atoms with Crippen molar-refractivity contribution in [2.75, 3.05) is 13.2 Å². The van der Waals surface area contributed by atoms with Crippen LogP contribution in [0.1, 0.15) is 22.8 Å². The van der Waals surface area contributed by atoms with Crippen molar-refractivity contribution in [3.63, 3.8) is 0 Å². The van der Waals surface area contributed by atoms with Crippen LogP contribution in [0, 0.1) is 0 Å². The summed E-state index contributed by atoms with van der Waals surface area (Å²) in [5.74, 6) is -1.01. The summed E-state index contributed by atoms with van der Waals surface area (Å²) in [7, 11) is 0. The van der Waals surface area contributed by atoms with Crippen LogP contribution in [0.25, 0.3) is 0 Å². The fourth-order valence-corrected chi connectivity index (χ4v) is 3.79. The lowest BCUT2D eigenvalue weighted by molar-refractivity contribution is -0.147. The number of hydrogen-bond acceptors (Lipinski definition) is 7. The van der Waals surface area contributed by atoms with Gasteiger partial charge >= 0.3 is 5.97 Å². The number of nitrogens with one attached hydrogen (secondary N) is 1. The first-order chi connectivity index (χ1) is 13.4. The third kappa shape index (κ3) is 2.44. The van der Waals surface area contributed by atoms with Crippen molar-refractivity contribution in [1.82, 2.24) is 5.32 Å². The lowest BCUT2D eigenvalue weighted by atomic mass is 9.85. The van der Waals surface area contributed by atoms with E-state index in [2.05, 4.69) is 5.32 Å². The maximum Gasteiger partial charge on any atom is 0.339 e. The average molecular weight is 381 g/mol. The zero-order valence-electron chi connectivity index (χ0n) is 15.1.